The predicted molar refractivity (Wildman–Crippen MR) is 71.3 cm³/mol. The van der Waals surface area contributed by atoms with Crippen LogP contribution in [0.5, 0.6) is 0 Å². The van der Waals surface area contributed by atoms with Crippen LogP contribution in [0.4, 0.5) is 0 Å². The van der Waals surface area contributed by atoms with E-state index in [0.29, 0.717) is 0 Å². The Balaban J connectivity index is 2.19. The highest BCUT2D eigenvalue weighted by molar-refractivity contribution is 6.03. The minimum absolute atomic E-state index is 0.0964. The lowest BCUT2D eigenvalue weighted by atomic mass is 10.1. The van der Waals surface area contributed by atoms with Crippen molar-refractivity contribution >= 4 is 11.9 Å². The van der Waals surface area contributed by atoms with E-state index in [-0.39, 0.29) is 17.3 Å². The minimum Gasteiger partial charge on any atom is -0.478 e. The first-order valence-electron chi connectivity index (χ1n) is 5.98. The van der Waals surface area contributed by atoms with Crippen LogP contribution in [0.3, 0.4) is 0 Å². The molecule has 0 fully saturated rings. The van der Waals surface area contributed by atoms with E-state index in [9.17, 15) is 9.59 Å². The maximum Gasteiger partial charge on any atom is 0.338 e. The van der Waals surface area contributed by atoms with E-state index in [4.69, 9.17) is 5.11 Å². The van der Waals surface area contributed by atoms with Gasteiger partial charge < -0.3 is 10.4 Å². The molecule has 0 aliphatic carbocycles. The van der Waals surface area contributed by atoms with Gasteiger partial charge in [-0.3, -0.25) is 14.8 Å². The lowest BCUT2D eigenvalue weighted by Gasteiger charge is -2.14. The Hall–Kier alpha value is -2.76. The number of rotatable bonds is 4. The van der Waals surface area contributed by atoms with Crippen LogP contribution in [0.1, 0.15) is 39.4 Å². The molecule has 0 aliphatic rings. The number of carbonyl (C=O) groups is 2. The number of hydrogen-bond acceptors (Lipinski definition) is 4. The van der Waals surface area contributed by atoms with Crippen LogP contribution in [0.25, 0.3) is 0 Å². The van der Waals surface area contributed by atoms with Gasteiger partial charge in [0.25, 0.3) is 5.91 Å². The van der Waals surface area contributed by atoms with Gasteiger partial charge >= 0.3 is 5.97 Å². The van der Waals surface area contributed by atoms with Crippen molar-refractivity contribution in [2.24, 2.45) is 0 Å². The van der Waals surface area contributed by atoms with E-state index in [1.807, 2.05) is 0 Å². The second-order valence-corrected chi connectivity index (χ2v) is 4.18. The molecule has 6 nitrogen and oxygen atoms in total. The fourth-order valence-electron chi connectivity index (χ4n) is 1.76. The second kappa shape index (κ2) is 5.92. The van der Waals surface area contributed by atoms with Crippen LogP contribution < -0.4 is 5.32 Å². The molecule has 2 aromatic heterocycles. The lowest BCUT2D eigenvalue weighted by molar-refractivity contribution is 0.0689. The van der Waals surface area contributed by atoms with Gasteiger partial charge in [0.1, 0.15) is 5.69 Å². The Kier molecular flexibility index (Phi) is 4.05. The van der Waals surface area contributed by atoms with Gasteiger partial charge in [-0.05, 0) is 36.8 Å². The molecule has 0 bridgehead atoms. The quantitative estimate of drug-likeness (QED) is 0.882. The number of hydrogen-bond donors (Lipinski definition) is 2. The van der Waals surface area contributed by atoms with E-state index < -0.39 is 11.9 Å². The van der Waals surface area contributed by atoms with E-state index in [0.717, 1.165) is 5.56 Å². The Labute approximate surface area is 115 Å². The number of pyridine rings is 2. The van der Waals surface area contributed by atoms with Crippen molar-refractivity contribution in [3.05, 3.63) is 59.7 Å². The van der Waals surface area contributed by atoms with Crippen molar-refractivity contribution in [3.63, 3.8) is 0 Å². The number of nitrogens with one attached hydrogen (secondary N) is 1. The zero-order valence-corrected chi connectivity index (χ0v) is 10.8. The average Bonchev–Trinajstić information content (AvgIpc) is 2.48. The summed E-state index contributed by atoms with van der Waals surface area (Å²) in [5, 5.41) is 11.8. The third-order valence-electron chi connectivity index (χ3n) is 2.81. The van der Waals surface area contributed by atoms with Gasteiger partial charge in [-0.25, -0.2) is 4.79 Å². The zero-order valence-electron chi connectivity index (χ0n) is 10.8. The normalized spacial score (nSPS) is 11.7. The van der Waals surface area contributed by atoms with E-state index >= 15 is 0 Å². The molecule has 1 unspecified atom stereocenters. The van der Waals surface area contributed by atoms with E-state index in [1.54, 1.807) is 31.5 Å². The van der Waals surface area contributed by atoms with Gasteiger partial charge in [0.2, 0.25) is 0 Å². The maximum absolute atomic E-state index is 12.1. The molecular formula is C14H13N3O3. The van der Waals surface area contributed by atoms with Crippen molar-refractivity contribution in [2.45, 2.75) is 13.0 Å². The van der Waals surface area contributed by atoms with E-state index in [1.165, 1.54) is 18.3 Å². The van der Waals surface area contributed by atoms with Crippen molar-refractivity contribution in [2.75, 3.05) is 0 Å². The van der Waals surface area contributed by atoms with Crippen molar-refractivity contribution in [1.82, 2.24) is 15.3 Å². The monoisotopic (exact) mass is 271 g/mol. The third-order valence-corrected chi connectivity index (χ3v) is 2.81. The first kappa shape index (κ1) is 13.7. The van der Waals surface area contributed by atoms with Crippen LogP contribution in [0, 0.1) is 0 Å². The number of carboxylic acids is 1. The molecule has 2 heterocycles. The van der Waals surface area contributed by atoms with Crippen LogP contribution in [-0.4, -0.2) is 27.0 Å². The molecule has 6 heteroatoms. The highest BCUT2D eigenvalue weighted by Gasteiger charge is 2.19. The van der Waals surface area contributed by atoms with Crippen LogP contribution >= 0.6 is 0 Å². The molecule has 0 radical (unpaired) electrons. The van der Waals surface area contributed by atoms with Gasteiger partial charge in [-0.15, -0.1) is 0 Å². The summed E-state index contributed by atoms with van der Waals surface area (Å²) in [6.45, 7) is 1.80. The smallest absolute Gasteiger partial charge is 0.338 e. The number of nitrogens with zero attached hydrogens (tertiary/aromatic N) is 2. The van der Waals surface area contributed by atoms with Crippen molar-refractivity contribution in [1.29, 1.82) is 0 Å². The SMILES string of the molecule is CC(NC(=O)c1ncccc1C(=O)O)c1ccncc1. The van der Waals surface area contributed by atoms with Crippen molar-refractivity contribution in [3.8, 4) is 0 Å². The number of aromatic nitrogens is 2. The highest BCUT2D eigenvalue weighted by atomic mass is 16.4. The summed E-state index contributed by atoms with van der Waals surface area (Å²) in [5.41, 5.74) is 0.661. The van der Waals surface area contributed by atoms with Gasteiger partial charge in [0, 0.05) is 18.6 Å². The lowest BCUT2D eigenvalue weighted by Crippen LogP contribution is -2.29. The summed E-state index contributed by atoms with van der Waals surface area (Å²) in [6, 6.07) is 6.12. The number of carboxylic acid groups (broad SMARTS) is 1. The van der Waals surface area contributed by atoms with Gasteiger partial charge in [-0.1, -0.05) is 0 Å². The van der Waals surface area contributed by atoms with Crippen LogP contribution in [0.15, 0.2) is 42.9 Å². The molecule has 0 aromatic carbocycles. The molecule has 0 spiro atoms. The summed E-state index contributed by atoms with van der Waals surface area (Å²) in [7, 11) is 0. The maximum atomic E-state index is 12.1. The van der Waals surface area contributed by atoms with Crippen LogP contribution in [-0.2, 0) is 0 Å². The highest BCUT2D eigenvalue weighted by Crippen LogP contribution is 2.12. The molecule has 1 atom stereocenters. The summed E-state index contributed by atoms with van der Waals surface area (Å²) in [5.74, 6) is -1.70. The molecule has 0 aliphatic heterocycles. The van der Waals surface area contributed by atoms with Gasteiger partial charge in [0.15, 0.2) is 0 Å². The Bertz CT molecular complexity index is 629. The molecule has 20 heavy (non-hydrogen) atoms. The minimum atomic E-state index is -1.18. The topological polar surface area (TPSA) is 92.2 Å². The number of aromatic carboxylic acids is 1. The van der Waals surface area contributed by atoms with Gasteiger partial charge in [0.05, 0.1) is 11.6 Å². The first-order valence-corrected chi connectivity index (χ1v) is 5.98. The summed E-state index contributed by atoms with van der Waals surface area (Å²) < 4.78 is 0. The van der Waals surface area contributed by atoms with Gasteiger partial charge in [-0.2, -0.15) is 0 Å². The summed E-state index contributed by atoms with van der Waals surface area (Å²) in [6.07, 6.45) is 4.64. The number of amides is 1. The molecule has 2 N–H and O–H groups in total. The molecular weight excluding hydrogens is 258 g/mol. The number of carbonyl (C=O) groups excluding carboxylic acids is 1. The fourth-order valence-corrected chi connectivity index (χ4v) is 1.76. The Morgan fingerprint density at radius 3 is 2.55 bits per heavy atom. The molecule has 0 saturated carbocycles. The Morgan fingerprint density at radius 2 is 1.90 bits per heavy atom. The third kappa shape index (κ3) is 2.97. The molecule has 102 valence electrons. The van der Waals surface area contributed by atoms with E-state index in [2.05, 4.69) is 15.3 Å². The standard InChI is InChI=1S/C14H13N3O3/c1-9(10-4-7-15-8-5-10)17-13(18)12-11(14(19)20)3-2-6-16-12/h2-9H,1H3,(H,17,18)(H,19,20). The molecule has 0 saturated heterocycles. The first-order chi connectivity index (χ1) is 9.59. The van der Waals surface area contributed by atoms with Crippen LogP contribution in [0.2, 0.25) is 0 Å². The predicted octanol–water partition coefficient (Wildman–Crippen LogP) is 1.67. The zero-order chi connectivity index (χ0) is 14.5. The average molecular weight is 271 g/mol. The molecule has 2 aromatic rings. The fraction of sp³-hybridized carbons (Fsp3) is 0.143. The van der Waals surface area contributed by atoms with Crippen molar-refractivity contribution < 1.29 is 14.7 Å². The summed E-state index contributed by atoms with van der Waals surface area (Å²) >= 11 is 0. The second-order valence-electron chi connectivity index (χ2n) is 4.18. The summed E-state index contributed by atoms with van der Waals surface area (Å²) in [4.78, 5) is 30.9. The Morgan fingerprint density at radius 1 is 1.20 bits per heavy atom. The largest absolute Gasteiger partial charge is 0.478 e. The molecule has 1 amide bonds. The molecule has 2 rings (SSSR count).